The van der Waals surface area contributed by atoms with Crippen molar-refractivity contribution >= 4 is 0 Å². The lowest BCUT2D eigenvalue weighted by molar-refractivity contribution is 0.339. The molecule has 0 N–H and O–H groups in total. The highest BCUT2D eigenvalue weighted by molar-refractivity contribution is 4.91. The summed E-state index contributed by atoms with van der Waals surface area (Å²) in [6.07, 6.45) is 4.71. The summed E-state index contributed by atoms with van der Waals surface area (Å²) in [5.41, 5.74) is 0.314. The van der Waals surface area contributed by atoms with Crippen molar-refractivity contribution in [3.8, 4) is 6.07 Å². The molecule has 0 aliphatic carbocycles. The van der Waals surface area contributed by atoms with Gasteiger partial charge in [0, 0.05) is 0 Å². The first-order chi connectivity index (χ1) is 5.77. The van der Waals surface area contributed by atoms with Crippen LogP contribution in [-0.4, -0.2) is 0 Å². The van der Waals surface area contributed by atoms with Crippen molar-refractivity contribution in [3.05, 3.63) is 0 Å². The van der Waals surface area contributed by atoms with Crippen LogP contribution in [0.1, 0.15) is 60.3 Å². The second kappa shape index (κ2) is 4.65. The fourth-order valence-corrected chi connectivity index (χ4v) is 1.28. The molecule has 0 atom stereocenters. The van der Waals surface area contributed by atoms with Gasteiger partial charge in [0.25, 0.3) is 0 Å². The summed E-state index contributed by atoms with van der Waals surface area (Å²) in [7, 11) is 0. The molecule has 0 aromatic heterocycles. The standard InChI is InChI=1S/C12H23N/c1-11(2,3)8-6-7-9-12(4,5)10-13/h6-9H2,1-5H3. The third-order valence-corrected chi connectivity index (χ3v) is 2.28. The van der Waals surface area contributed by atoms with Gasteiger partial charge in [-0.15, -0.1) is 0 Å². The number of hydrogen-bond acceptors (Lipinski definition) is 1. The summed E-state index contributed by atoms with van der Waals surface area (Å²) in [4.78, 5) is 0. The molecule has 0 aromatic rings. The molecule has 0 amide bonds. The minimum atomic E-state index is -0.127. The zero-order valence-electron chi connectivity index (χ0n) is 9.78. The Balaban J connectivity index is 3.54. The Labute approximate surface area is 83.1 Å². The maximum absolute atomic E-state index is 8.80. The Morgan fingerprint density at radius 2 is 1.38 bits per heavy atom. The molecule has 76 valence electrons. The van der Waals surface area contributed by atoms with Gasteiger partial charge in [-0.2, -0.15) is 5.26 Å². The van der Waals surface area contributed by atoms with E-state index in [4.69, 9.17) is 5.26 Å². The van der Waals surface area contributed by atoms with E-state index in [2.05, 4.69) is 26.8 Å². The molecular weight excluding hydrogens is 158 g/mol. The fourth-order valence-electron chi connectivity index (χ4n) is 1.28. The van der Waals surface area contributed by atoms with Gasteiger partial charge in [-0.1, -0.05) is 33.6 Å². The predicted octanol–water partition coefficient (Wildman–Crippen LogP) is 4.14. The van der Waals surface area contributed by atoms with Crippen LogP contribution in [0.2, 0.25) is 0 Å². The van der Waals surface area contributed by atoms with E-state index < -0.39 is 0 Å². The van der Waals surface area contributed by atoms with Gasteiger partial charge in [-0.3, -0.25) is 0 Å². The highest BCUT2D eigenvalue weighted by Gasteiger charge is 2.16. The van der Waals surface area contributed by atoms with Crippen molar-refractivity contribution in [2.75, 3.05) is 0 Å². The minimum Gasteiger partial charge on any atom is -0.198 e. The summed E-state index contributed by atoms with van der Waals surface area (Å²) in [6.45, 7) is 10.8. The Morgan fingerprint density at radius 1 is 0.923 bits per heavy atom. The van der Waals surface area contributed by atoms with E-state index in [1.165, 1.54) is 19.3 Å². The maximum Gasteiger partial charge on any atom is 0.0683 e. The number of nitriles is 1. The molecule has 0 spiro atoms. The van der Waals surface area contributed by atoms with Gasteiger partial charge in [-0.05, 0) is 32.1 Å². The van der Waals surface area contributed by atoms with Crippen LogP contribution in [0.5, 0.6) is 0 Å². The average molecular weight is 181 g/mol. The second-order valence-electron chi connectivity index (χ2n) is 5.76. The first-order valence-corrected chi connectivity index (χ1v) is 5.18. The predicted molar refractivity (Wildman–Crippen MR) is 57.3 cm³/mol. The van der Waals surface area contributed by atoms with Gasteiger partial charge in [0.2, 0.25) is 0 Å². The van der Waals surface area contributed by atoms with Crippen molar-refractivity contribution in [3.63, 3.8) is 0 Å². The number of nitrogens with zero attached hydrogens (tertiary/aromatic N) is 1. The first-order valence-electron chi connectivity index (χ1n) is 5.18. The van der Waals surface area contributed by atoms with E-state index in [-0.39, 0.29) is 5.41 Å². The van der Waals surface area contributed by atoms with E-state index in [1.54, 1.807) is 0 Å². The molecule has 0 aliphatic heterocycles. The van der Waals surface area contributed by atoms with Crippen molar-refractivity contribution in [1.82, 2.24) is 0 Å². The van der Waals surface area contributed by atoms with Crippen LogP contribution in [0.25, 0.3) is 0 Å². The van der Waals surface area contributed by atoms with Crippen molar-refractivity contribution in [2.24, 2.45) is 10.8 Å². The Kier molecular flexibility index (Phi) is 4.47. The van der Waals surface area contributed by atoms with Crippen LogP contribution in [0.15, 0.2) is 0 Å². The first kappa shape index (κ1) is 12.5. The fraction of sp³-hybridized carbons (Fsp3) is 0.917. The molecule has 0 aromatic carbocycles. The average Bonchev–Trinajstić information content (AvgIpc) is 1.97. The van der Waals surface area contributed by atoms with Gasteiger partial charge in [0.05, 0.1) is 11.5 Å². The lowest BCUT2D eigenvalue weighted by Crippen LogP contribution is -2.09. The highest BCUT2D eigenvalue weighted by Crippen LogP contribution is 2.26. The third-order valence-electron chi connectivity index (χ3n) is 2.28. The summed E-state index contributed by atoms with van der Waals surface area (Å²) >= 11 is 0. The molecule has 0 fully saturated rings. The summed E-state index contributed by atoms with van der Waals surface area (Å²) in [6, 6.07) is 2.34. The molecule has 1 heteroatoms. The summed E-state index contributed by atoms with van der Waals surface area (Å²) in [5.74, 6) is 0. The zero-order valence-corrected chi connectivity index (χ0v) is 9.78. The second-order valence-corrected chi connectivity index (χ2v) is 5.76. The Hall–Kier alpha value is -0.510. The quantitative estimate of drug-likeness (QED) is 0.598. The summed E-state index contributed by atoms with van der Waals surface area (Å²) in [5, 5.41) is 8.80. The van der Waals surface area contributed by atoms with E-state index in [0.717, 1.165) is 6.42 Å². The molecule has 0 bridgehead atoms. The van der Waals surface area contributed by atoms with Crippen LogP contribution >= 0.6 is 0 Å². The normalized spacial score (nSPS) is 12.6. The van der Waals surface area contributed by atoms with Gasteiger partial charge in [-0.25, -0.2) is 0 Å². The molecule has 0 saturated heterocycles. The molecule has 1 nitrogen and oxygen atoms in total. The van der Waals surface area contributed by atoms with Crippen LogP contribution in [-0.2, 0) is 0 Å². The van der Waals surface area contributed by atoms with Gasteiger partial charge in [0.15, 0.2) is 0 Å². The van der Waals surface area contributed by atoms with E-state index in [0.29, 0.717) is 5.41 Å². The van der Waals surface area contributed by atoms with Crippen LogP contribution in [0.3, 0.4) is 0 Å². The summed E-state index contributed by atoms with van der Waals surface area (Å²) < 4.78 is 0. The molecule has 0 rings (SSSR count). The third kappa shape index (κ3) is 7.84. The van der Waals surface area contributed by atoms with Crippen LogP contribution in [0, 0.1) is 22.2 Å². The van der Waals surface area contributed by atoms with Gasteiger partial charge in [0.1, 0.15) is 0 Å². The topological polar surface area (TPSA) is 23.8 Å². The van der Waals surface area contributed by atoms with E-state index in [1.807, 2.05) is 13.8 Å². The van der Waals surface area contributed by atoms with E-state index in [9.17, 15) is 0 Å². The minimum absolute atomic E-state index is 0.127. The zero-order chi connectivity index (χ0) is 10.5. The van der Waals surface area contributed by atoms with Crippen molar-refractivity contribution < 1.29 is 0 Å². The highest BCUT2D eigenvalue weighted by atomic mass is 14.3. The van der Waals surface area contributed by atoms with Crippen LogP contribution < -0.4 is 0 Å². The number of unbranched alkanes of at least 4 members (excludes halogenated alkanes) is 1. The van der Waals surface area contributed by atoms with Crippen LogP contribution in [0.4, 0.5) is 0 Å². The lowest BCUT2D eigenvalue weighted by Gasteiger charge is -2.19. The maximum atomic E-state index is 8.80. The monoisotopic (exact) mass is 181 g/mol. The Bertz CT molecular complexity index is 178. The number of hydrogen-bond donors (Lipinski definition) is 0. The largest absolute Gasteiger partial charge is 0.198 e. The molecule has 0 radical (unpaired) electrons. The SMILES string of the molecule is CC(C)(C)CCCCC(C)(C)C#N. The Morgan fingerprint density at radius 3 is 1.77 bits per heavy atom. The lowest BCUT2D eigenvalue weighted by atomic mass is 9.85. The molecule has 0 saturated carbocycles. The molecule has 0 heterocycles. The van der Waals surface area contributed by atoms with Crippen molar-refractivity contribution in [1.29, 1.82) is 5.26 Å². The smallest absolute Gasteiger partial charge is 0.0683 e. The van der Waals surface area contributed by atoms with Gasteiger partial charge >= 0.3 is 0 Å². The molecule has 13 heavy (non-hydrogen) atoms. The van der Waals surface area contributed by atoms with Gasteiger partial charge < -0.3 is 0 Å². The molecule has 0 aliphatic rings. The molecular formula is C12H23N. The van der Waals surface area contributed by atoms with Crippen molar-refractivity contribution in [2.45, 2.75) is 60.3 Å². The molecule has 0 unspecified atom stereocenters. The number of rotatable bonds is 4. The van der Waals surface area contributed by atoms with E-state index >= 15 is 0 Å².